The van der Waals surface area contributed by atoms with Crippen LogP contribution in [0.15, 0.2) is 12.3 Å². The summed E-state index contributed by atoms with van der Waals surface area (Å²) >= 11 is 0. The molecule has 3 N–H and O–H groups in total. The van der Waals surface area contributed by atoms with Gasteiger partial charge in [-0.05, 0) is 19.9 Å². The van der Waals surface area contributed by atoms with Gasteiger partial charge in [-0.2, -0.15) is 4.98 Å². The van der Waals surface area contributed by atoms with Crippen molar-refractivity contribution in [2.75, 3.05) is 36.4 Å². The van der Waals surface area contributed by atoms with E-state index in [0.29, 0.717) is 19.0 Å². The molecular weight excluding hydrogens is 230 g/mol. The van der Waals surface area contributed by atoms with Gasteiger partial charge in [-0.15, -0.1) is 0 Å². The van der Waals surface area contributed by atoms with Crippen LogP contribution >= 0.6 is 0 Å². The molecule has 0 bridgehead atoms. The Kier molecular flexibility index (Phi) is 4.33. The molecule has 2 rings (SSSR count). The quantitative estimate of drug-likeness (QED) is 0.809. The van der Waals surface area contributed by atoms with Gasteiger partial charge in [0.1, 0.15) is 5.82 Å². The third-order valence-corrected chi connectivity index (χ3v) is 2.81. The number of hydrogen-bond acceptors (Lipinski definition) is 6. The Labute approximate surface area is 108 Å². The molecule has 6 heteroatoms. The lowest BCUT2D eigenvalue weighted by Gasteiger charge is -2.36. The highest BCUT2D eigenvalue weighted by Crippen LogP contribution is 2.18. The molecule has 0 amide bonds. The van der Waals surface area contributed by atoms with E-state index in [1.807, 2.05) is 6.07 Å². The highest BCUT2D eigenvalue weighted by atomic mass is 16.5. The molecular formula is C12H21N5O. The smallest absolute Gasteiger partial charge is 0.224 e. The fraction of sp³-hybridized carbons (Fsp3) is 0.667. The summed E-state index contributed by atoms with van der Waals surface area (Å²) in [6, 6.07) is 1.93. The molecule has 0 aromatic carbocycles. The maximum atomic E-state index is 5.72. The second kappa shape index (κ2) is 5.97. The number of aromatic nitrogens is 2. The van der Waals surface area contributed by atoms with Crippen molar-refractivity contribution in [1.82, 2.24) is 9.97 Å². The minimum Gasteiger partial charge on any atom is -0.372 e. The molecule has 2 heterocycles. The van der Waals surface area contributed by atoms with Crippen molar-refractivity contribution in [3.05, 3.63) is 12.3 Å². The first-order chi connectivity index (χ1) is 8.69. The summed E-state index contributed by atoms with van der Waals surface area (Å²) in [7, 11) is 0. The molecule has 1 aliphatic rings. The number of nitrogens with two attached hydrogens (primary N) is 1. The molecule has 1 aromatic heterocycles. The molecule has 2 unspecified atom stereocenters. The maximum Gasteiger partial charge on any atom is 0.224 e. The Morgan fingerprint density at radius 1 is 1.44 bits per heavy atom. The minimum atomic E-state index is 0.226. The maximum absolute atomic E-state index is 5.72. The fourth-order valence-corrected chi connectivity index (χ4v) is 2.16. The van der Waals surface area contributed by atoms with Gasteiger partial charge in [0.2, 0.25) is 5.95 Å². The second-order valence-electron chi connectivity index (χ2n) is 4.62. The predicted molar refractivity (Wildman–Crippen MR) is 71.8 cm³/mol. The van der Waals surface area contributed by atoms with E-state index in [4.69, 9.17) is 10.5 Å². The Balaban J connectivity index is 2.07. The standard InChI is InChI=1S/C12H21N5O/c1-9-7-17(8-10(2)18-9)11-3-5-14-12(16-11)15-6-4-13/h3,5,9-10H,4,6-8,13H2,1-2H3,(H,14,15,16). The molecule has 0 spiro atoms. The van der Waals surface area contributed by atoms with E-state index in [9.17, 15) is 0 Å². The molecule has 6 nitrogen and oxygen atoms in total. The molecule has 1 fully saturated rings. The molecule has 1 aromatic rings. The van der Waals surface area contributed by atoms with E-state index >= 15 is 0 Å². The third-order valence-electron chi connectivity index (χ3n) is 2.81. The molecule has 18 heavy (non-hydrogen) atoms. The van der Waals surface area contributed by atoms with E-state index in [1.54, 1.807) is 6.20 Å². The SMILES string of the molecule is CC1CN(c2ccnc(NCCN)n2)CC(C)O1. The number of hydrogen-bond donors (Lipinski definition) is 2. The van der Waals surface area contributed by atoms with Crippen molar-refractivity contribution >= 4 is 11.8 Å². The highest BCUT2D eigenvalue weighted by Gasteiger charge is 2.23. The Bertz CT molecular complexity index is 376. The molecule has 2 atom stereocenters. The van der Waals surface area contributed by atoms with Gasteiger partial charge in [0.05, 0.1) is 12.2 Å². The summed E-state index contributed by atoms with van der Waals surface area (Å²) < 4.78 is 5.72. The van der Waals surface area contributed by atoms with E-state index in [1.165, 1.54) is 0 Å². The van der Waals surface area contributed by atoms with Crippen LogP contribution in [0.1, 0.15) is 13.8 Å². The Morgan fingerprint density at radius 2 is 2.17 bits per heavy atom. The van der Waals surface area contributed by atoms with Crippen molar-refractivity contribution in [3.8, 4) is 0 Å². The number of morpholine rings is 1. The van der Waals surface area contributed by atoms with Crippen LogP contribution in [0.2, 0.25) is 0 Å². The van der Waals surface area contributed by atoms with Crippen molar-refractivity contribution < 1.29 is 4.74 Å². The van der Waals surface area contributed by atoms with E-state index in [-0.39, 0.29) is 12.2 Å². The van der Waals surface area contributed by atoms with Crippen LogP contribution in [0.3, 0.4) is 0 Å². The molecule has 100 valence electrons. The lowest BCUT2D eigenvalue weighted by Crippen LogP contribution is -2.45. The topological polar surface area (TPSA) is 76.3 Å². The minimum absolute atomic E-state index is 0.226. The van der Waals surface area contributed by atoms with Crippen molar-refractivity contribution in [1.29, 1.82) is 0 Å². The average molecular weight is 251 g/mol. The summed E-state index contributed by atoms with van der Waals surface area (Å²) in [6.07, 6.45) is 2.22. The van der Waals surface area contributed by atoms with E-state index < -0.39 is 0 Å². The van der Waals surface area contributed by atoms with Gasteiger partial charge in [0.15, 0.2) is 0 Å². The third kappa shape index (κ3) is 3.30. The lowest BCUT2D eigenvalue weighted by molar-refractivity contribution is -0.00545. The largest absolute Gasteiger partial charge is 0.372 e. The highest BCUT2D eigenvalue weighted by molar-refractivity contribution is 5.43. The Morgan fingerprint density at radius 3 is 2.83 bits per heavy atom. The number of nitrogens with one attached hydrogen (secondary N) is 1. The van der Waals surface area contributed by atoms with Crippen LogP contribution in [-0.2, 0) is 4.74 Å². The molecule has 0 aliphatic carbocycles. The van der Waals surface area contributed by atoms with Crippen LogP contribution in [0.5, 0.6) is 0 Å². The summed E-state index contributed by atoms with van der Waals surface area (Å²) in [5.74, 6) is 1.57. The van der Waals surface area contributed by atoms with Gasteiger partial charge in [-0.25, -0.2) is 4.98 Å². The Hall–Kier alpha value is -1.40. The molecule has 1 saturated heterocycles. The van der Waals surface area contributed by atoms with Gasteiger partial charge < -0.3 is 20.7 Å². The average Bonchev–Trinajstić information content (AvgIpc) is 2.35. The van der Waals surface area contributed by atoms with Gasteiger partial charge in [0, 0.05) is 32.4 Å². The summed E-state index contributed by atoms with van der Waals surface area (Å²) in [6.45, 7) is 7.13. The van der Waals surface area contributed by atoms with Gasteiger partial charge >= 0.3 is 0 Å². The first kappa shape index (κ1) is 13.0. The van der Waals surface area contributed by atoms with Crippen LogP contribution in [-0.4, -0.2) is 48.4 Å². The first-order valence-electron chi connectivity index (χ1n) is 6.36. The van der Waals surface area contributed by atoms with Crippen LogP contribution in [0.25, 0.3) is 0 Å². The normalized spacial score (nSPS) is 24.1. The van der Waals surface area contributed by atoms with Gasteiger partial charge in [-0.3, -0.25) is 0 Å². The predicted octanol–water partition coefficient (Wildman–Crippen LogP) is 0.461. The lowest BCUT2D eigenvalue weighted by atomic mass is 10.2. The number of anilines is 2. The number of ether oxygens (including phenoxy) is 1. The fourth-order valence-electron chi connectivity index (χ4n) is 2.16. The first-order valence-corrected chi connectivity index (χ1v) is 6.36. The van der Waals surface area contributed by atoms with Crippen LogP contribution in [0.4, 0.5) is 11.8 Å². The number of rotatable bonds is 4. The summed E-state index contributed by atoms with van der Waals surface area (Å²) in [5.41, 5.74) is 5.45. The van der Waals surface area contributed by atoms with Gasteiger partial charge in [-0.1, -0.05) is 0 Å². The molecule has 0 radical (unpaired) electrons. The van der Waals surface area contributed by atoms with Crippen molar-refractivity contribution in [2.45, 2.75) is 26.1 Å². The summed E-state index contributed by atoms with van der Waals surface area (Å²) in [5, 5.41) is 3.09. The van der Waals surface area contributed by atoms with Gasteiger partial charge in [0.25, 0.3) is 0 Å². The second-order valence-corrected chi connectivity index (χ2v) is 4.62. The van der Waals surface area contributed by atoms with E-state index in [2.05, 4.69) is 34.0 Å². The molecule has 1 aliphatic heterocycles. The van der Waals surface area contributed by atoms with Crippen molar-refractivity contribution in [3.63, 3.8) is 0 Å². The summed E-state index contributed by atoms with van der Waals surface area (Å²) in [4.78, 5) is 10.9. The van der Waals surface area contributed by atoms with E-state index in [0.717, 1.165) is 18.9 Å². The van der Waals surface area contributed by atoms with Crippen molar-refractivity contribution in [2.24, 2.45) is 5.73 Å². The number of nitrogens with zero attached hydrogens (tertiary/aromatic N) is 3. The zero-order chi connectivity index (χ0) is 13.0. The zero-order valence-corrected chi connectivity index (χ0v) is 11.0. The van der Waals surface area contributed by atoms with Crippen LogP contribution in [0, 0.1) is 0 Å². The molecule has 0 saturated carbocycles. The van der Waals surface area contributed by atoms with Crippen LogP contribution < -0.4 is 16.0 Å². The monoisotopic (exact) mass is 251 g/mol. The zero-order valence-electron chi connectivity index (χ0n) is 11.0.